The molecule has 0 bridgehead atoms. The number of aromatic nitrogens is 3. The highest BCUT2D eigenvalue weighted by Crippen LogP contribution is 2.22. The average Bonchev–Trinajstić information content (AvgIpc) is 3.06. The first-order valence-corrected chi connectivity index (χ1v) is 9.51. The summed E-state index contributed by atoms with van der Waals surface area (Å²) in [6.45, 7) is 3.90. The van der Waals surface area contributed by atoms with Crippen LogP contribution in [0.2, 0.25) is 0 Å². The Hall–Kier alpha value is -2.93. The molecule has 0 fully saturated rings. The van der Waals surface area contributed by atoms with Crippen molar-refractivity contribution < 1.29 is 4.79 Å². The van der Waals surface area contributed by atoms with Crippen LogP contribution >= 0.6 is 11.8 Å². The number of rotatable bonds is 6. The van der Waals surface area contributed by atoms with E-state index in [-0.39, 0.29) is 11.7 Å². The van der Waals surface area contributed by atoms with Crippen molar-refractivity contribution in [2.45, 2.75) is 19.0 Å². The Bertz CT molecular complexity index is 948. The topological polar surface area (TPSA) is 72.2 Å². The smallest absolute Gasteiger partial charge is 0.250 e. The van der Waals surface area contributed by atoms with E-state index in [0.717, 1.165) is 22.7 Å². The number of hydrazone groups is 1. The van der Waals surface area contributed by atoms with Crippen molar-refractivity contribution in [3.63, 3.8) is 0 Å². The van der Waals surface area contributed by atoms with Crippen molar-refractivity contribution >= 4 is 23.4 Å². The molecule has 0 radical (unpaired) electrons. The molecular formula is C20H21N5OS. The van der Waals surface area contributed by atoms with Gasteiger partial charge in [-0.05, 0) is 19.4 Å². The largest absolute Gasteiger partial charge is 0.305 e. The molecule has 0 saturated carbocycles. The fourth-order valence-electron chi connectivity index (χ4n) is 2.45. The van der Waals surface area contributed by atoms with E-state index in [1.165, 1.54) is 17.3 Å². The summed E-state index contributed by atoms with van der Waals surface area (Å²) in [5.41, 5.74) is 6.51. The van der Waals surface area contributed by atoms with E-state index in [9.17, 15) is 4.79 Å². The molecule has 1 heterocycles. The van der Waals surface area contributed by atoms with Gasteiger partial charge in [-0.1, -0.05) is 71.9 Å². The predicted octanol–water partition coefficient (Wildman–Crippen LogP) is 3.42. The molecule has 0 aliphatic carbocycles. The molecule has 0 atom stereocenters. The van der Waals surface area contributed by atoms with Crippen molar-refractivity contribution in [3.05, 3.63) is 65.7 Å². The van der Waals surface area contributed by atoms with Crippen molar-refractivity contribution in [1.82, 2.24) is 20.2 Å². The van der Waals surface area contributed by atoms with Crippen LogP contribution in [0.3, 0.4) is 0 Å². The lowest BCUT2D eigenvalue weighted by Gasteiger charge is -2.04. The van der Waals surface area contributed by atoms with Gasteiger partial charge >= 0.3 is 0 Å². The minimum absolute atomic E-state index is 0.185. The number of hydrogen-bond acceptors (Lipinski definition) is 5. The Morgan fingerprint density at radius 2 is 1.81 bits per heavy atom. The Kier molecular flexibility index (Phi) is 6.03. The van der Waals surface area contributed by atoms with E-state index in [1.54, 1.807) is 0 Å². The summed E-state index contributed by atoms with van der Waals surface area (Å²) >= 11 is 1.33. The van der Waals surface area contributed by atoms with Gasteiger partial charge in [-0.25, -0.2) is 5.43 Å². The van der Waals surface area contributed by atoms with E-state index in [0.29, 0.717) is 5.16 Å². The molecule has 6 nitrogen and oxygen atoms in total. The molecule has 27 heavy (non-hydrogen) atoms. The number of aryl methyl sites for hydroxylation is 1. The lowest BCUT2D eigenvalue weighted by atomic mass is 10.1. The first-order valence-electron chi connectivity index (χ1n) is 8.52. The molecule has 2 aromatic carbocycles. The van der Waals surface area contributed by atoms with E-state index >= 15 is 0 Å². The summed E-state index contributed by atoms with van der Waals surface area (Å²) in [6, 6.07) is 17.8. The number of thioether (sulfide) groups is 1. The molecule has 0 saturated heterocycles. The molecular weight excluding hydrogens is 358 g/mol. The zero-order valence-corrected chi connectivity index (χ0v) is 16.3. The van der Waals surface area contributed by atoms with Crippen molar-refractivity contribution in [3.8, 4) is 11.4 Å². The van der Waals surface area contributed by atoms with Crippen LogP contribution in [-0.4, -0.2) is 32.1 Å². The number of nitrogens with zero attached hydrogens (tertiary/aromatic N) is 4. The van der Waals surface area contributed by atoms with Gasteiger partial charge in [0.15, 0.2) is 11.0 Å². The third kappa shape index (κ3) is 4.83. The van der Waals surface area contributed by atoms with E-state index in [2.05, 4.69) is 20.7 Å². The number of carbonyl (C=O) groups excluding carboxylic acids is 1. The highest BCUT2D eigenvalue weighted by Gasteiger charge is 2.12. The SMILES string of the molecule is C/C(=N/NC(=O)CSc1nnc(-c2ccccc2)n1C)c1ccc(C)cc1. The second-order valence-corrected chi connectivity index (χ2v) is 7.06. The van der Waals surface area contributed by atoms with Crippen LogP contribution in [0.4, 0.5) is 0 Å². The van der Waals surface area contributed by atoms with E-state index < -0.39 is 0 Å². The summed E-state index contributed by atoms with van der Waals surface area (Å²) in [7, 11) is 1.89. The fourth-order valence-corrected chi connectivity index (χ4v) is 3.15. The standard InChI is InChI=1S/C20H21N5OS/c1-14-9-11-16(12-10-14)15(2)21-22-18(26)13-27-20-24-23-19(25(20)3)17-7-5-4-6-8-17/h4-12H,13H2,1-3H3,(H,22,26)/b21-15-. The zero-order chi connectivity index (χ0) is 19.2. The molecule has 138 valence electrons. The number of amides is 1. The molecule has 0 unspecified atom stereocenters. The van der Waals surface area contributed by atoms with Gasteiger partial charge in [0.25, 0.3) is 5.91 Å². The third-order valence-corrected chi connectivity index (χ3v) is 5.04. The Labute approximate surface area is 162 Å². The molecule has 0 aliphatic heterocycles. The zero-order valence-electron chi connectivity index (χ0n) is 15.5. The maximum Gasteiger partial charge on any atom is 0.250 e. The average molecular weight is 379 g/mol. The highest BCUT2D eigenvalue weighted by molar-refractivity contribution is 7.99. The summed E-state index contributed by atoms with van der Waals surface area (Å²) < 4.78 is 1.88. The molecule has 1 aromatic heterocycles. The van der Waals surface area contributed by atoms with Gasteiger partial charge in [-0.15, -0.1) is 10.2 Å². The van der Waals surface area contributed by atoms with E-state index in [1.807, 2.05) is 80.1 Å². The lowest BCUT2D eigenvalue weighted by Crippen LogP contribution is -2.21. The Morgan fingerprint density at radius 3 is 2.52 bits per heavy atom. The van der Waals surface area contributed by atoms with Crippen LogP contribution in [0, 0.1) is 6.92 Å². The van der Waals surface area contributed by atoms with Gasteiger partial charge in [0.05, 0.1) is 11.5 Å². The minimum Gasteiger partial charge on any atom is -0.305 e. The quantitative estimate of drug-likeness (QED) is 0.405. The van der Waals surface area contributed by atoms with Crippen LogP contribution < -0.4 is 5.43 Å². The van der Waals surface area contributed by atoms with Crippen LogP contribution in [-0.2, 0) is 11.8 Å². The van der Waals surface area contributed by atoms with Crippen molar-refractivity contribution in [2.24, 2.45) is 12.1 Å². The molecule has 3 aromatic rings. The summed E-state index contributed by atoms with van der Waals surface area (Å²) in [5, 5.41) is 13.2. The molecule has 1 amide bonds. The monoisotopic (exact) mass is 379 g/mol. The lowest BCUT2D eigenvalue weighted by molar-refractivity contribution is -0.118. The maximum atomic E-state index is 12.1. The number of carbonyl (C=O) groups is 1. The van der Waals surface area contributed by atoms with Crippen molar-refractivity contribution in [2.75, 3.05) is 5.75 Å². The third-order valence-electron chi connectivity index (χ3n) is 4.02. The van der Waals surface area contributed by atoms with Crippen LogP contribution in [0.5, 0.6) is 0 Å². The highest BCUT2D eigenvalue weighted by atomic mass is 32.2. The minimum atomic E-state index is -0.185. The fraction of sp³-hybridized carbons (Fsp3) is 0.200. The van der Waals surface area contributed by atoms with Gasteiger partial charge in [-0.3, -0.25) is 4.79 Å². The van der Waals surface area contributed by atoms with Gasteiger partial charge < -0.3 is 4.57 Å². The number of benzene rings is 2. The summed E-state index contributed by atoms with van der Waals surface area (Å²) in [4.78, 5) is 12.1. The van der Waals surface area contributed by atoms with Crippen LogP contribution in [0.1, 0.15) is 18.1 Å². The van der Waals surface area contributed by atoms with Gasteiger partial charge in [0, 0.05) is 12.6 Å². The normalized spacial score (nSPS) is 11.4. The second kappa shape index (κ2) is 8.64. The maximum absolute atomic E-state index is 12.1. The molecule has 1 N–H and O–H groups in total. The van der Waals surface area contributed by atoms with Gasteiger partial charge in [0.2, 0.25) is 0 Å². The molecule has 3 rings (SSSR count). The first kappa shape index (κ1) is 18.8. The van der Waals surface area contributed by atoms with E-state index in [4.69, 9.17) is 0 Å². The van der Waals surface area contributed by atoms with Crippen molar-refractivity contribution in [1.29, 1.82) is 0 Å². The molecule has 7 heteroatoms. The Balaban J connectivity index is 1.57. The molecule has 0 aliphatic rings. The summed E-state index contributed by atoms with van der Waals surface area (Å²) in [6.07, 6.45) is 0. The van der Waals surface area contributed by atoms with Crippen LogP contribution in [0.25, 0.3) is 11.4 Å². The van der Waals surface area contributed by atoms with Crippen LogP contribution in [0.15, 0.2) is 64.9 Å². The first-order chi connectivity index (χ1) is 13.0. The number of nitrogens with one attached hydrogen (secondary N) is 1. The second-order valence-electron chi connectivity index (χ2n) is 6.12. The predicted molar refractivity (Wildman–Crippen MR) is 109 cm³/mol. The van der Waals surface area contributed by atoms with Gasteiger partial charge in [-0.2, -0.15) is 5.10 Å². The summed E-state index contributed by atoms with van der Waals surface area (Å²) in [5.74, 6) is 0.799. The van der Waals surface area contributed by atoms with Gasteiger partial charge in [0.1, 0.15) is 0 Å². The molecule has 0 spiro atoms. The Morgan fingerprint density at radius 1 is 1.11 bits per heavy atom. The number of hydrogen-bond donors (Lipinski definition) is 1.